The molecule has 0 amide bonds. The predicted octanol–water partition coefficient (Wildman–Crippen LogP) is 3.45. The van der Waals surface area contributed by atoms with Gasteiger partial charge in [-0.1, -0.05) is 91.0 Å². The summed E-state index contributed by atoms with van der Waals surface area (Å²) in [6.45, 7) is 0.937. The van der Waals surface area contributed by atoms with Crippen LogP contribution in [0.15, 0.2) is 91.0 Å². The first-order chi connectivity index (χ1) is 16.1. The van der Waals surface area contributed by atoms with Gasteiger partial charge in [-0.25, -0.2) is 0 Å². The third-order valence-electron chi connectivity index (χ3n) is 5.59. The van der Waals surface area contributed by atoms with E-state index in [-0.39, 0.29) is 19.8 Å². The van der Waals surface area contributed by atoms with Crippen LogP contribution in [0.25, 0.3) is 0 Å². The lowest BCUT2D eigenvalue weighted by Gasteiger charge is -2.26. The molecule has 0 bridgehead atoms. The number of hydrogen-bond donors (Lipinski definition) is 2. The van der Waals surface area contributed by atoms with Gasteiger partial charge in [0.15, 0.2) is 0 Å². The zero-order valence-electron chi connectivity index (χ0n) is 18.5. The van der Waals surface area contributed by atoms with Crippen molar-refractivity contribution in [2.24, 2.45) is 0 Å². The summed E-state index contributed by atoms with van der Waals surface area (Å²) in [7, 11) is 0. The van der Waals surface area contributed by atoms with E-state index in [4.69, 9.17) is 18.9 Å². The molecule has 0 unspecified atom stereocenters. The van der Waals surface area contributed by atoms with Crippen LogP contribution in [0.3, 0.4) is 0 Å². The zero-order chi connectivity index (χ0) is 22.9. The maximum absolute atomic E-state index is 11.1. The highest BCUT2D eigenvalue weighted by Gasteiger charge is 2.54. The maximum Gasteiger partial charge on any atom is 0.219 e. The number of aliphatic hydroxyl groups excluding tert-OH is 1. The predicted molar refractivity (Wildman–Crippen MR) is 123 cm³/mol. The van der Waals surface area contributed by atoms with Crippen LogP contribution in [0.4, 0.5) is 0 Å². The Balaban J connectivity index is 1.38. The molecule has 1 heterocycles. The van der Waals surface area contributed by atoms with Crippen molar-refractivity contribution in [3.8, 4) is 0 Å². The van der Waals surface area contributed by atoms with Gasteiger partial charge in [-0.2, -0.15) is 0 Å². The fraction of sp³-hybridized carbons (Fsp3) is 0.333. The summed E-state index contributed by atoms with van der Waals surface area (Å²) in [6.07, 6.45) is -2.72. The third-order valence-corrected chi connectivity index (χ3v) is 5.59. The van der Waals surface area contributed by atoms with Gasteiger partial charge in [0.2, 0.25) is 5.79 Å². The number of benzene rings is 3. The van der Waals surface area contributed by atoms with Gasteiger partial charge in [-0.05, 0) is 16.7 Å². The van der Waals surface area contributed by atoms with Gasteiger partial charge in [0, 0.05) is 0 Å². The minimum atomic E-state index is -1.89. The second kappa shape index (κ2) is 11.5. The first-order valence-corrected chi connectivity index (χ1v) is 11.1. The van der Waals surface area contributed by atoms with Crippen molar-refractivity contribution >= 4 is 0 Å². The van der Waals surface area contributed by atoms with Gasteiger partial charge < -0.3 is 29.2 Å². The van der Waals surface area contributed by atoms with Crippen molar-refractivity contribution in [2.75, 3.05) is 13.2 Å². The van der Waals surface area contributed by atoms with Gasteiger partial charge in [-0.15, -0.1) is 0 Å². The van der Waals surface area contributed by atoms with Crippen LogP contribution < -0.4 is 0 Å². The highest BCUT2D eigenvalue weighted by molar-refractivity contribution is 5.15. The quantitative estimate of drug-likeness (QED) is 0.466. The number of rotatable bonds is 11. The van der Waals surface area contributed by atoms with Crippen molar-refractivity contribution in [1.82, 2.24) is 0 Å². The molecular weight excluding hydrogens is 420 g/mol. The van der Waals surface area contributed by atoms with E-state index < -0.39 is 24.1 Å². The molecule has 3 aromatic carbocycles. The van der Waals surface area contributed by atoms with Crippen LogP contribution in [0.2, 0.25) is 0 Å². The van der Waals surface area contributed by atoms with Gasteiger partial charge in [0.05, 0.1) is 26.4 Å². The Kier molecular flexibility index (Phi) is 8.23. The minimum Gasteiger partial charge on any atom is -0.385 e. The topological polar surface area (TPSA) is 77.4 Å². The van der Waals surface area contributed by atoms with E-state index in [0.29, 0.717) is 13.2 Å². The van der Waals surface area contributed by atoms with Crippen LogP contribution >= 0.6 is 0 Å². The average Bonchev–Trinajstić information content (AvgIpc) is 3.09. The van der Waals surface area contributed by atoms with Crippen molar-refractivity contribution in [3.63, 3.8) is 0 Å². The van der Waals surface area contributed by atoms with Crippen molar-refractivity contribution < 1.29 is 29.2 Å². The summed E-state index contributed by atoms with van der Waals surface area (Å²) >= 11 is 0. The molecule has 174 valence electrons. The summed E-state index contributed by atoms with van der Waals surface area (Å²) in [5, 5.41) is 22.0. The van der Waals surface area contributed by atoms with E-state index >= 15 is 0 Å². The molecule has 1 saturated heterocycles. The Morgan fingerprint density at radius 1 is 0.697 bits per heavy atom. The molecule has 1 aliphatic rings. The van der Waals surface area contributed by atoms with Crippen LogP contribution in [0, 0.1) is 0 Å². The monoisotopic (exact) mass is 450 g/mol. The molecule has 0 spiro atoms. The summed E-state index contributed by atoms with van der Waals surface area (Å²) in [5.74, 6) is -1.89. The molecule has 0 radical (unpaired) electrons. The highest BCUT2D eigenvalue weighted by Crippen LogP contribution is 2.33. The second-order valence-corrected chi connectivity index (χ2v) is 8.19. The average molecular weight is 451 g/mol. The van der Waals surface area contributed by atoms with Gasteiger partial charge in [0.25, 0.3) is 0 Å². The summed E-state index contributed by atoms with van der Waals surface area (Å²) in [4.78, 5) is 0. The Hall–Kier alpha value is -2.58. The molecule has 33 heavy (non-hydrogen) atoms. The Morgan fingerprint density at radius 3 is 1.73 bits per heavy atom. The lowest BCUT2D eigenvalue weighted by molar-refractivity contribution is -0.258. The molecule has 6 nitrogen and oxygen atoms in total. The second-order valence-electron chi connectivity index (χ2n) is 8.19. The van der Waals surface area contributed by atoms with Crippen LogP contribution in [0.5, 0.6) is 0 Å². The first kappa shape index (κ1) is 23.6. The first-order valence-electron chi connectivity index (χ1n) is 11.1. The van der Waals surface area contributed by atoms with E-state index in [1.54, 1.807) is 0 Å². The minimum absolute atomic E-state index is 0.159. The van der Waals surface area contributed by atoms with Crippen LogP contribution in [-0.4, -0.2) is 47.5 Å². The molecule has 0 aliphatic carbocycles. The number of ether oxygens (including phenoxy) is 4. The van der Waals surface area contributed by atoms with E-state index in [1.165, 1.54) is 0 Å². The van der Waals surface area contributed by atoms with Gasteiger partial charge in [-0.3, -0.25) is 0 Å². The number of hydrogen-bond acceptors (Lipinski definition) is 6. The smallest absolute Gasteiger partial charge is 0.219 e. The normalized spacial score (nSPS) is 24.7. The summed E-state index contributed by atoms with van der Waals surface area (Å²) in [5.41, 5.74) is 2.96. The molecular formula is C27H30O6. The SMILES string of the molecule is O[C@H]1[C@H](OCc2ccccc2)[C@@H](COCc2ccccc2)O[C@]1(O)COCc1ccccc1. The molecule has 4 rings (SSSR count). The van der Waals surface area contributed by atoms with Crippen molar-refractivity contribution in [2.45, 2.75) is 43.9 Å². The van der Waals surface area contributed by atoms with Crippen molar-refractivity contribution in [1.29, 1.82) is 0 Å². The molecule has 0 saturated carbocycles. The van der Waals surface area contributed by atoms with Gasteiger partial charge in [0.1, 0.15) is 24.9 Å². The third kappa shape index (κ3) is 6.48. The van der Waals surface area contributed by atoms with E-state index in [1.807, 2.05) is 91.0 Å². The lowest BCUT2D eigenvalue weighted by Crippen LogP contribution is -2.47. The molecule has 2 N–H and O–H groups in total. The fourth-order valence-corrected chi connectivity index (χ4v) is 3.83. The Bertz CT molecular complexity index is 952. The molecule has 6 heteroatoms. The molecule has 1 aliphatic heterocycles. The van der Waals surface area contributed by atoms with Gasteiger partial charge >= 0.3 is 0 Å². The summed E-state index contributed by atoms with van der Waals surface area (Å²) < 4.78 is 23.4. The summed E-state index contributed by atoms with van der Waals surface area (Å²) in [6, 6.07) is 29.1. The Labute approximate surface area is 194 Å². The standard InChI is InChI=1S/C27H30O6/c28-26-25(32-18-23-14-8-3-9-15-23)24(19-30-16-21-10-4-1-5-11-21)33-27(26,29)20-31-17-22-12-6-2-7-13-22/h1-15,24-26,28-29H,16-20H2/t24-,25-,26+,27-/m1/s1. The van der Waals surface area contributed by atoms with Crippen LogP contribution in [-0.2, 0) is 38.8 Å². The molecule has 1 fully saturated rings. The highest BCUT2D eigenvalue weighted by atomic mass is 16.7. The maximum atomic E-state index is 11.1. The van der Waals surface area contributed by atoms with E-state index in [0.717, 1.165) is 16.7 Å². The molecule has 4 atom stereocenters. The lowest BCUT2D eigenvalue weighted by atomic mass is 10.1. The van der Waals surface area contributed by atoms with Crippen molar-refractivity contribution in [3.05, 3.63) is 108 Å². The molecule has 3 aromatic rings. The fourth-order valence-electron chi connectivity index (χ4n) is 3.83. The van der Waals surface area contributed by atoms with Crippen LogP contribution in [0.1, 0.15) is 16.7 Å². The largest absolute Gasteiger partial charge is 0.385 e. The zero-order valence-corrected chi connectivity index (χ0v) is 18.5. The number of aliphatic hydroxyl groups is 2. The van der Waals surface area contributed by atoms with E-state index in [2.05, 4.69) is 0 Å². The Morgan fingerprint density at radius 2 is 1.18 bits per heavy atom. The van der Waals surface area contributed by atoms with E-state index in [9.17, 15) is 10.2 Å². The molecule has 0 aromatic heterocycles.